The lowest BCUT2D eigenvalue weighted by Gasteiger charge is -2.37. The third kappa shape index (κ3) is 3.30. The second-order valence-corrected chi connectivity index (χ2v) is 7.45. The highest BCUT2D eigenvalue weighted by Crippen LogP contribution is 2.39. The monoisotopic (exact) mass is 343 g/mol. The second-order valence-electron chi connectivity index (χ2n) is 7.45. The van der Waals surface area contributed by atoms with Gasteiger partial charge in [0.25, 0.3) is 0 Å². The molecule has 1 unspecified atom stereocenters. The Kier molecular flexibility index (Phi) is 4.50. The van der Waals surface area contributed by atoms with E-state index in [9.17, 15) is 9.59 Å². The van der Waals surface area contributed by atoms with Crippen LogP contribution in [0.5, 0.6) is 5.75 Å². The summed E-state index contributed by atoms with van der Waals surface area (Å²) < 4.78 is 11.7. The SMILES string of the molecule is O=C1CC2(CCCN(C(=O)C3CCOCC3)CC2)Oc2ccccc21. The Bertz CT molecular complexity index is 667. The second kappa shape index (κ2) is 6.79. The van der Waals surface area contributed by atoms with Crippen LogP contribution in [-0.4, -0.2) is 48.5 Å². The zero-order chi connectivity index (χ0) is 17.3. The average molecular weight is 343 g/mol. The van der Waals surface area contributed by atoms with Gasteiger partial charge in [-0.1, -0.05) is 12.1 Å². The van der Waals surface area contributed by atoms with E-state index in [1.165, 1.54) is 0 Å². The van der Waals surface area contributed by atoms with Gasteiger partial charge in [0.2, 0.25) is 5.91 Å². The summed E-state index contributed by atoms with van der Waals surface area (Å²) in [6.45, 7) is 2.80. The molecule has 0 saturated carbocycles. The first kappa shape index (κ1) is 16.6. The molecule has 0 radical (unpaired) electrons. The highest BCUT2D eigenvalue weighted by molar-refractivity contribution is 6.00. The predicted molar refractivity (Wildman–Crippen MR) is 92.7 cm³/mol. The van der Waals surface area contributed by atoms with Crippen molar-refractivity contribution >= 4 is 11.7 Å². The fourth-order valence-electron chi connectivity index (χ4n) is 4.31. The molecule has 1 spiro atoms. The lowest BCUT2D eigenvalue weighted by atomic mass is 9.84. The summed E-state index contributed by atoms with van der Waals surface area (Å²) in [5.41, 5.74) is 0.239. The van der Waals surface area contributed by atoms with Gasteiger partial charge in [-0.25, -0.2) is 0 Å². The molecule has 0 N–H and O–H groups in total. The number of nitrogens with zero attached hydrogens (tertiary/aromatic N) is 1. The van der Waals surface area contributed by atoms with Crippen LogP contribution >= 0.6 is 0 Å². The Morgan fingerprint density at radius 2 is 1.92 bits per heavy atom. The number of likely N-dealkylation sites (tertiary alicyclic amines) is 1. The third-order valence-corrected chi connectivity index (χ3v) is 5.78. The number of hydrogen-bond donors (Lipinski definition) is 0. The molecule has 2 fully saturated rings. The molecule has 1 atom stereocenters. The van der Waals surface area contributed by atoms with Gasteiger partial charge >= 0.3 is 0 Å². The number of Topliss-reactive ketones (excluding diaryl/α,β-unsaturated/α-hetero) is 1. The fraction of sp³-hybridized carbons (Fsp3) is 0.600. The Hall–Kier alpha value is -1.88. The van der Waals surface area contributed by atoms with Crippen molar-refractivity contribution in [2.75, 3.05) is 26.3 Å². The highest BCUT2D eigenvalue weighted by atomic mass is 16.5. The van der Waals surface area contributed by atoms with E-state index in [1.54, 1.807) is 0 Å². The average Bonchev–Trinajstić information content (AvgIpc) is 2.84. The number of rotatable bonds is 1. The van der Waals surface area contributed by atoms with Crippen molar-refractivity contribution in [1.82, 2.24) is 4.90 Å². The molecule has 134 valence electrons. The molecule has 0 bridgehead atoms. The van der Waals surface area contributed by atoms with Crippen molar-refractivity contribution in [2.45, 2.75) is 44.1 Å². The van der Waals surface area contributed by atoms with E-state index in [0.29, 0.717) is 37.5 Å². The van der Waals surface area contributed by atoms with Gasteiger partial charge < -0.3 is 14.4 Å². The Balaban J connectivity index is 1.46. The highest BCUT2D eigenvalue weighted by Gasteiger charge is 2.42. The van der Waals surface area contributed by atoms with Crippen LogP contribution in [0.15, 0.2) is 24.3 Å². The number of amides is 1. The predicted octanol–water partition coefficient (Wildman–Crippen LogP) is 2.83. The van der Waals surface area contributed by atoms with Crippen LogP contribution < -0.4 is 4.74 Å². The van der Waals surface area contributed by atoms with Gasteiger partial charge in [-0.3, -0.25) is 9.59 Å². The molecule has 4 rings (SSSR count). The fourth-order valence-corrected chi connectivity index (χ4v) is 4.31. The summed E-state index contributed by atoms with van der Waals surface area (Å²) in [6, 6.07) is 7.49. The molecular weight excluding hydrogens is 318 g/mol. The van der Waals surface area contributed by atoms with Crippen LogP contribution in [0.4, 0.5) is 0 Å². The van der Waals surface area contributed by atoms with Gasteiger partial charge in [-0.15, -0.1) is 0 Å². The van der Waals surface area contributed by atoms with E-state index in [-0.39, 0.29) is 17.6 Å². The topological polar surface area (TPSA) is 55.8 Å². The van der Waals surface area contributed by atoms with Crippen LogP contribution in [0.2, 0.25) is 0 Å². The molecular formula is C20H25NO4. The van der Waals surface area contributed by atoms with E-state index in [4.69, 9.17) is 9.47 Å². The number of hydrogen-bond acceptors (Lipinski definition) is 4. The minimum absolute atomic E-state index is 0.0948. The summed E-state index contributed by atoms with van der Waals surface area (Å²) in [6.07, 6.45) is 4.49. The molecule has 3 heterocycles. The maximum absolute atomic E-state index is 12.8. The number of carbonyl (C=O) groups excluding carboxylic acids is 2. The van der Waals surface area contributed by atoms with Gasteiger partial charge in [0.1, 0.15) is 11.4 Å². The summed E-state index contributed by atoms with van der Waals surface area (Å²) in [7, 11) is 0. The minimum atomic E-state index is -0.448. The van der Waals surface area contributed by atoms with Crippen LogP contribution in [0, 0.1) is 5.92 Å². The largest absolute Gasteiger partial charge is 0.486 e. The molecule has 0 aliphatic carbocycles. The van der Waals surface area contributed by atoms with Crippen molar-refractivity contribution in [3.8, 4) is 5.75 Å². The van der Waals surface area contributed by atoms with Crippen molar-refractivity contribution in [2.24, 2.45) is 5.92 Å². The maximum atomic E-state index is 12.8. The van der Waals surface area contributed by atoms with Crippen LogP contribution in [-0.2, 0) is 9.53 Å². The van der Waals surface area contributed by atoms with Gasteiger partial charge in [-0.05, 0) is 37.8 Å². The summed E-state index contributed by atoms with van der Waals surface area (Å²) in [5.74, 6) is 1.20. The molecule has 0 aromatic heterocycles. The number of ether oxygens (including phenoxy) is 2. The number of ketones is 1. The van der Waals surface area contributed by atoms with Crippen LogP contribution in [0.3, 0.4) is 0 Å². The molecule has 1 amide bonds. The third-order valence-electron chi connectivity index (χ3n) is 5.78. The molecule has 25 heavy (non-hydrogen) atoms. The maximum Gasteiger partial charge on any atom is 0.225 e. The molecule has 3 aliphatic heterocycles. The number of para-hydroxylation sites is 1. The van der Waals surface area contributed by atoms with E-state index in [0.717, 1.165) is 38.6 Å². The first-order valence-electron chi connectivity index (χ1n) is 9.35. The number of fused-ring (bicyclic) bond motifs is 1. The Morgan fingerprint density at radius 3 is 2.76 bits per heavy atom. The smallest absolute Gasteiger partial charge is 0.225 e. The van der Waals surface area contributed by atoms with Crippen molar-refractivity contribution < 1.29 is 19.1 Å². The molecule has 3 aliphatic rings. The van der Waals surface area contributed by atoms with E-state index >= 15 is 0 Å². The first-order valence-corrected chi connectivity index (χ1v) is 9.35. The van der Waals surface area contributed by atoms with Gasteiger partial charge in [0.05, 0.1) is 12.0 Å². The van der Waals surface area contributed by atoms with Crippen LogP contribution in [0.25, 0.3) is 0 Å². The molecule has 1 aromatic carbocycles. The van der Waals surface area contributed by atoms with Gasteiger partial charge in [0, 0.05) is 38.6 Å². The first-order chi connectivity index (χ1) is 12.2. The standard InChI is InChI=1S/C20H25NO4/c22-17-14-20(25-18-5-2-1-4-16(17)18)8-3-10-21(11-9-20)19(23)15-6-12-24-13-7-15/h1-2,4-5,15H,3,6-14H2. The summed E-state index contributed by atoms with van der Waals surface area (Å²) in [4.78, 5) is 27.3. The van der Waals surface area contributed by atoms with Crippen LogP contribution in [0.1, 0.15) is 48.9 Å². The minimum Gasteiger partial charge on any atom is -0.486 e. The molecule has 2 saturated heterocycles. The number of benzene rings is 1. The Morgan fingerprint density at radius 1 is 1.12 bits per heavy atom. The Labute approximate surface area is 148 Å². The zero-order valence-electron chi connectivity index (χ0n) is 14.5. The normalized spacial score (nSPS) is 27.5. The zero-order valence-corrected chi connectivity index (χ0v) is 14.5. The van der Waals surface area contributed by atoms with Crippen molar-refractivity contribution in [1.29, 1.82) is 0 Å². The summed E-state index contributed by atoms with van der Waals surface area (Å²) in [5, 5.41) is 0. The van der Waals surface area contributed by atoms with Gasteiger partial charge in [0.15, 0.2) is 5.78 Å². The van der Waals surface area contributed by atoms with Crippen molar-refractivity contribution in [3.05, 3.63) is 29.8 Å². The number of carbonyl (C=O) groups is 2. The summed E-state index contributed by atoms with van der Waals surface area (Å²) >= 11 is 0. The lowest BCUT2D eigenvalue weighted by molar-refractivity contribution is -0.138. The van der Waals surface area contributed by atoms with Crippen molar-refractivity contribution in [3.63, 3.8) is 0 Å². The van der Waals surface area contributed by atoms with Gasteiger partial charge in [-0.2, -0.15) is 0 Å². The van der Waals surface area contributed by atoms with E-state index in [2.05, 4.69) is 0 Å². The molecule has 1 aromatic rings. The van der Waals surface area contributed by atoms with E-state index < -0.39 is 5.60 Å². The molecule has 5 nitrogen and oxygen atoms in total. The molecule has 5 heteroatoms. The van der Waals surface area contributed by atoms with E-state index in [1.807, 2.05) is 29.2 Å². The quantitative estimate of drug-likeness (QED) is 0.787. The lowest BCUT2D eigenvalue weighted by Crippen LogP contribution is -2.44.